The number of fused-ring (bicyclic) bond motifs is 1. The van der Waals surface area contributed by atoms with E-state index in [1.54, 1.807) is 41.3 Å². The van der Waals surface area contributed by atoms with Gasteiger partial charge in [-0.1, -0.05) is 60.7 Å². The van der Waals surface area contributed by atoms with E-state index in [2.05, 4.69) is 4.72 Å². The average molecular weight is 481 g/mol. The Kier molecular flexibility index (Phi) is 7.59. The smallest absolute Gasteiger partial charge is 0.308 e. The highest BCUT2D eigenvalue weighted by molar-refractivity contribution is 7.89. The number of hydrogen-bond donors (Lipinski definition) is 1. The average Bonchev–Trinajstić information content (AvgIpc) is 2.87. The third-order valence-corrected chi connectivity index (χ3v) is 7.35. The number of nitrogens with one attached hydrogen (secondary N) is 1. The first-order valence-corrected chi connectivity index (χ1v) is 12.9. The third-order valence-electron chi connectivity index (χ3n) is 5.90. The van der Waals surface area contributed by atoms with Crippen LogP contribution in [0, 0.1) is 0 Å². The summed E-state index contributed by atoms with van der Waals surface area (Å²) in [7, 11) is -3.79. The van der Waals surface area contributed by atoms with Crippen LogP contribution in [0.15, 0.2) is 77.7 Å². The van der Waals surface area contributed by atoms with Gasteiger partial charge in [0.05, 0.1) is 11.3 Å². The number of ether oxygens (including phenoxy) is 1. The standard InChI is InChI=1S/C26H28N2O5S/c29-24(15-16-27-34(31,32)23-14-13-20-9-5-6-12-22(20)19-23)33-25(21-10-3-1-4-11-21)26(30)28-17-7-2-8-18-28/h1,3-6,9-14,19,25,27H,2,7-8,15-18H2. The molecule has 34 heavy (non-hydrogen) atoms. The van der Waals surface area contributed by atoms with Crippen molar-refractivity contribution in [2.75, 3.05) is 19.6 Å². The van der Waals surface area contributed by atoms with Crippen molar-refractivity contribution in [2.45, 2.75) is 36.7 Å². The minimum Gasteiger partial charge on any atom is -0.447 e. The molecule has 1 unspecified atom stereocenters. The van der Waals surface area contributed by atoms with E-state index in [4.69, 9.17) is 4.74 Å². The molecule has 1 fully saturated rings. The molecule has 1 atom stereocenters. The van der Waals surface area contributed by atoms with Crippen molar-refractivity contribution >= 4 is 32.7 Å². The lowest BCUT2D eigenvalue weighted by Crippen LogP contribution is -2.40. The van der Waals surface area contributed by atoms with Gasteiger partial charge in [0.25, 0.3) is 5.91 Å². The molecule has 1 amide bonds. The first-order valence-electron chi connectivity index (χ1n) is 11.5. The molecule has 7 nitrogen and oxygen atoms in total. The van der Waals surface area contributed by atoms with E-state index >= 15 is 0 Å². The number of rotatable bonds is 8. The van der Waals surface area contributed by atoms with Crippen LogP contribution >= 0.6 is 0 Å². The normalized spacial score (nSPS) is 15.1. The summed E-state index contributed by atoms with van der Waals surface area (Å²) >= 11 is 0. The Morgan fingerprint density at radius 1 is 0.882 bits per heavy atom. The Morgan fingerprint density at radius 3 is 2.29 bits per heavy atom. The van der Waals surface area contributed by atoms with E-state index in [1.165, 1.54) is 6.07 Å². The molecule has 1 saturated heterocycles. The molecule has 3 aromatic rings. The number of esters is 1. The number of nitrogens with zero attached hydrogens (tertiary/aromatic N) is 1. The topological polar surface area (TPSA) is 92.8 Å². The van der Waals surface area contributed by atoms with Gasteiger partial charge in [-0.15, -0.1) is 0 Å². The highest BCUT2D eigenvalue weighted by Crippen LogP contribution is 2.23. The molecule has 1 aliphatic heterocycles. The van der Waals surface area contributed by atoms with E-state index in [9.17, 15) is 18.0 Å². The van der Waals surface area contributed by atoms with Gasteiger partial charge in [0.15, 0.2) is 0 Å². The monoisotopic (exact) mass is 480 g/mol. The SMILES string of the molecule is O=C(CCNS(=O)(=O)c1ccc2ccccc2c1)OC(C(=O)N1CCCCC1)c1ccccc1. The van der Waals surface area contributed by atoms with Gasteiger partial charge >= 0.3 is 5.97 Å². The molecule has 4 rings (SSSR count). The Bertz CT molecular complexity index is 1250. The fourth-order valence-electron chi connectivity index (χ4n) is 4.06. The predicted octanol–water partition coefficient (Wildman–Crippen LogP) is 3.81. The molecular weight excluding hydrogens is 452 g/mol. The molecule has 1 N–H and O–H groups in total. The maximum atomic E-state index is 13.1. The minimum atomic E-state index is -3.79. The fraction of sp³-hybridized carbons (Fsp3) is 0.308. The van der Waals surface area contributed by atoms with Crippen molar-refractivity contribution in [1.29, 1.82) is 0 Å². The van der Waals surface area contributed by atoms with Gasteiger partial charge in [0, 0.05) is 25.2 Å². The zero-order chi connectivity index (χ0) is 24.0. The molecule has 0 bridgehead atoms. The zero-order valence-electron chi connectivity index (χ0n) is 18.9. The van der Waals surface area contributed by atoms with Crippen LogP contribution in [-0.4, -0.2) is 44.8 Å². The van der Waals surface area contributed by atoms with Crippen molar-refractivity contribution in [3.8, 4) is 0 Å². The van der Waals surface area contributed by atoms with Crippen molar-refractivity contribution in [3.63, 3.8) is 0 Å². The summed E-state index contributed by atoms with van der Waals surface area (Å²) in [6, 6.07) is 21.3. The molecule has 8 heteroatoms. The van der Waals surface area contributed by atoms with Gasteiger partial charge < -0.3 is 9.64 Å². The van der Waals surface area contributed by atoms with Crippen LogP contribution < -0.4 is 4.72 Å². The second-order valence-corrected chi connectivity index (χ2v) is 10.1. The van der Waals surface area contributed by atoms with Crippen LogP contribution in [0.1, 0.15) is 37.4 Å². The van der Waals surface area contributed by atoms with Gasteiger partial charge in [0.1, 0.15) is 0 Å². The van der Waals surface area contributed by atoms with Crippen LogP contribution in [0.3, 0.4) is 0 Å². The molecule has 0 spiro atoms. The molecule has 0 saturated carbocycles. The number of amides is 1. The number of hydrogen-bond acceptors (Lipinski definition) is 5. The second kappa shape index (κ2) is 10.8. The lowest BCUT2D eigenvalue weighted by Gasteiger charge is -2.30. The Hall–Kier alpha value is -3.23. The van der Waals surface area contributed by atoms with E-state index in [-0.39, 0.29) is 23.8 Å². The summed E-state index contributed by atoms with van der Waals surface area (Å²) in [5.41, 5.74) is 0.600. The minimum absolute atomic E-state index is 0.127. The first-order chi connectivity index (χ1) is 16.4. The fourth-order valence-corrected chi connectivity index (χ4v) is 5.13. The number of carbonyl (C=O) groups is 2. The van der Waals surface area contributed by atoms with Gasteiger partial charge in [-0.05, 0) is 42.2 Å². The summed E-state index contributed by atoms with van der Waals surface area (Å²) in [6.07, 6.45) is 1.71. The maximum Gasteiger partial charge on any atom is 0.308 e. The van der Waals surface area contributed by atoms with E-state index in [0.29, 0.717) is 18.7 Å². The van der Waals surface area contributed by atoms with Crippen molar-refractivity contribution < 1.29 is 22.7 Å². The van der Waals surface area contributed by atoms with Gasteiger partial charge in [-0.25, -0.2) is 13.1 Å². The molecule has 0 radical (unpaired) electrons. The van der Waals surface area contributed by atoms with Crippen molar-refractivity contribution in [2.24, 2.45) is 0 Å². The lowest BCUT2D eigenvalue weighted by molar-refractivity contribution is -0.161. The number of likely N-dealkylation sites (tertiary alicyclic amines) is 1. The van der Waals surface area contributed by atoms with Crippen LogP contribution in [0.4, 0.5) is 0 Å². The molecule has 3 aromatic carbocycles. The van der Waals surface area contributed by atoms with Gasteiger partial charge in [0.2, 0.25) is 16.1 Å². The largest absolute Gasteiger partial charge is 0.447 e. The summed E-state index contributed by atoms with van der Waals surface area (Å²) in [5, 5.41) is 1.75. The summed E-state index contributed by atoms with van der Waals surface area (Å²) in [6.45, 7) is 1.16. The maximum absolute atomic E-state index is 13.1. The molecular formula is C26H28N2O5S. The Balaban J connectivity index is 1.38. The van der Waals surface area contributed by atoms with Crippen LogP contribution in [-0.2, 0) is 24.3 Å². The third kappa shape index (κ3) is 5.81. The van der Waals surface area contributed by atoms with Crippen molar-refractivity contribution in [3.05, 3.63) is 78.4 Å². The molecule has 1 heterocycles. The van der Waals surface area contributed by atoms with E-state index in [1.807, 2.05) is 30.3 Å². The number of piperidine rings is 1. The quantitative estimate of drug-likeness (QED) is 0.495. The second-order valence-electron chi connectivity index (χ2n) is 8.32. The highest BCUT2D eigenvalue weighted by atomic mass is 32.2. The summed E-state index contributed by atoms with van der Waals surface area (Å²) in [5.74, 6) is -0.878. The first kappa shape index (κ1) is 23.9. The number of carbonyl (C=O) groups excluding carboxylic acids is 2. The Morgan fingerprint density at radius 2 is 1.56 bits per heavy atom. The summed E-state index contributed by atoms with van der Waals surface area (Å²) < 4.78 is 33.4. The van der Waals surface area contributed by atoms with Crippen LogP contribution in [0.5, 0.6) is 0 Å². The van der Waals surface area contributed by atoms with E-state index < -0.39 is 22.1 Å². The molecule has 178 valence electrons. The highest BCUT2D eigenvalue weighted by Gasteiger charge is 2.30. The van der Waals surface area contributed by atoms with Crippen molar-refractivity contribution in [1.82, 2.24) is 9.62 Å². The number of benzene rings is 3. The zero-order valence-corrected chi connectivity index (χ0v) is 19.7. The van der Waals surface area contributed by atoms with Crippen LogP contribution in [0.2, 0.25) is 0 Å². The summed E-state index contributed by atoms with van der Waals surface area (Å²) in [4.78, 5) is 27.5. The lowest BCUT2D eigenvalue weighted by atomic mass is 10.1. The Labute approximate surface area is 199 Å². The predicted molar refractivity (Wildman–Crippen MR) is 129 cm³/mol. The molecule has 0 aromatic heterocycles. The van der Waals surface area contributed by atoms with E-state index in [0.717, 1.165) is 30.0 Å². The van der Waals surface area contributed by atoms with Gasteiger partial charge in [-0.2, -0.15) is 0 Å². The molecule has 0 aliphatic carbocycles. The molecule has 1 aliphatic rings. The number of sulfonamides is 1. The van der Waals surface area contributed by atoms with Gasteiger partial charge in [-0.3, -0.25) is 9.59 Å². The van der Waals surface area contributed by atoms with Crippen LogP contribution in [0.25, 0.3) is 10.8 Å².